The van der Waals surface area contributed by atoms with E-state index >= 15 is 0 Å². The topological polar surface area (TPSA) is 150 Å². The molecule has 4 aromatic carbocycles. The Morgan fingerprint density at radius 3 is 1.99 bits per heavy atom. The summed E-state index contributed by atoms with van der Waals surface area (Å²) in [4.78, 5) is 63.0. The maximum absolute atomic E-state index is 12.8. The van der Waals surface area contributed by atoms with E-state index in [0.29, 0.717) is 23.7 Å². The summed E-state index contributed by atoms with van der Waals surface area (Å²) in [6.07, 6.45) is 16.2. The van der Waals surface area contributed by atoms with E-state index in [4.69, 9.17) is 19.2 Å². The molecule has 8 rings (SSSR count). The number of hydrogen-bond acceptors (Lipinski definition) is 10. The van der Waals surface area contributed by atoms with Crippen molar-refractivity contribution in [1.29, 1.82) is 0 Å². The zero-order chi connectivity index (χ0) is 46.6. The van der Waals surface area contributed by atoms with E-state index in [2.05, 4.69) is 22.2 Å². The Morgan fingerprint density at radius 2 is 1.27 bits per heavy atom. The molecule has 67 heavy (non-hydrogen) atoms. The van der Waals surface area contributed by atoms with Gasteiger partial charge in [-0.2, -0.15) is 0 Å². The van der Waals surface area contributed by atoms with Crippen molar-refractivity contribution >= 4 is 64.0 Å². The molecule has 11 heteroatoms. The average molecular weight is 889 g/mol. The molecule has 3 aromatic heterocycles. The molecule has 0 saturated heterocycles. The van der Waals surface area contributed by atoms with Gasteiger partial charge < -0.3 is 24.5 Å². The van der Waals surface area contributed by atoms with E-state index in [0.717, 1.165) is 61.5 Å². The highest BCUT2D eigenvalue weighted by Gasteiger charge is 2.35. The van der Waals surface area contributed by atoms with E-state index in [-0.39, 0.29) is 49.2 Å². The summed E-state index contributed by atoms with van der Waals surface area (Å²) in [5.74, 6) is 0.494. The normalized spacial score (nSPS) is 14.5. The second-order valence-electron chi connectivity index (χ2n) is 16.3. The molecule has 11 nitrogen and oxygen atoms in total. The van der Waals surface area contributed by atoms with E-state index < -0.39 is 5.54 Å². The first-order valence-electron chi connectivity index (χ1n) is 21.8. The Bertz CT molecular complexity index is 3070. The third-order valence-corrected chi connectivity index (χ3v) is 11.1. The molecule has 2 N–H and O–H groups in total. The highest BCUT2D eigenvalue weighted by Crippen LogP contribution is 2.39. The molecule has 334 valence electrons. The Morgan fingerprint density at radius 1 is 0.627 bits per heavy atom. The number of aromatic amines is 1. The molecule has 0 fully saturated rings. The van der Waals surface area contributed by atoms with E-state index in [1.807, 2.05) is 109 Å². The molecule has 0 aliphatic carbocycles. The van der Waals surface area contributed by atoms with Gasteiger partial charge >= 0.3 is 0 Å². The van der Waals surface area contributed by atoms with Crippen molar-refractivity contribution in [2.45, 2.75) is 44.9 Å². The van der Waals surface area contributed by atoms with Crippen LogP contribution in [0.25, 0.3) is 35.2 Å². The zero-order valence-electron chi connectivity index (χ0n) is 37.1. The van der Waals surface area contributed by atoms with Crippen molar-refractivity contribution in [2.24, 2.45) is 0 Å². The summed E-state index contributed by atoms with van der Waals surface area (Å²) in [7, 11) is 1.56. The lowest BCUT2D eigenvalue weighted by Gasteiger charge is -2.25. The maximum Gasteiger partial charge on any atom is 0.163 e. The van der Waals surface area contributed by atoms with Crippen LogP contribution in [-0.4, -0.2) is 45.2 Å². The largest absolute Gasteiger partial charge is 0.493 e. The van der Waals surface area contributed by atoms with Crippen LogP contribution < -0.4 is 19.5 Å². The van der Waals surface area contributed by atoms with Crippen LogP contribution in [0.4, 0.5) is 5.69 Å². The quantitative estimate of drug-likeness (QED) is 0.0559. The van der Waals surface area contributed by atoms with Crippen molar-refractivity contribution in [3.05, 3.63) is 203 Å². The molecular formula is C56H48N4O7. The van der Waals surface area contributed by atoms with E-state index in [1.54, 1.807) is 55.8 Å². The number of hydrogen-bond donors (Lipinski definition) is 2. The first-order chi connectivity index (χ1) is 32.6. The summed E-state index contributed by atoms with van der Waals surface area (Å²) in [6.45, 7) is 2.59. The molecule has 0 saturated carbocycles. The van der Waals surface area contributed by atoms with Gasteiger partial charge in [0.25, 0.3) is 0 Å². The molecule has 0 amide bonds. The third kappa shape index (κ3) is 12.2. The molecule has 0 spiro atoms. The number of benzene rings is 4. The number of ketones is 4. The van der Waals surface area contributed by atoms with Crippen LogP contribution in [0.5, 0.6) is 17.2 Å². The predicted octanol–water partition coefficient (Wildman–Crippen LogP) is 10.5. The molecular weight excluding hydrogens is 841 g/mol. The standard InChI is InChI=1S/C56H48N4O7/c1-56(55-11-6-9-45(59-55)37-66-50-10-5-7-38(29-50)14-21-46(61)33-47(62)22-15-39-12-19-42-26-28-58-51(42)30-39)35-43-20-13-40(31-52(43)60-56)16-23-48(63)34-49(64)24-17-41-18-25-53(65-2)54(32-41)67-36-44-8-3-4-27-57-44/h3-32,58,60H,33-37H2,1-2H3/b21-14+,22-15+,23-16+,24-17+. The number of nitrogens with zero attached hydrogens (tertiary/aromatic N) is 2. The maximum atomic E-state index is 12.8. The van der Waals surface area contributed by atoms with Crippen molar-refractivity contribution in [3.63, 3.8) is 0 Å². The number of fused-ring (bicyclic) bond motifs is 2. The zero-order valence-corrected chi connectivity index (χ0v) is 37.1. The number of carbonyl (C=O) groups is 4. The van der Waals surface area contributed by atoms with Crippen LogP contribution in [0.1, 0.15) is 64.7 Å². The minimum atomic E-state index is -0.490. The Labute approximate surface area is 388 Å². The fourth-order valence-corrected chi connectivity index (χ4v) is 7.63. The van der Waals surface area contributed by atoms with Gasteiger partial charge in [0.2, 0.25) is 0 Å². The smallest absolute Gasteiger partial charge is 0.163 e. The van der Waals surface area contributed by atoms with Crippen molar-refractivity contribution < 1.29 is 33.4 Å². The van der Waals surface area contributed by atoms with Gasteiger partial charge in [0, 0.05) is 30.0 Å². The Hall–Kier alpha value is -8.44. The number of aromatic nitrogens is 3. The molecule has 1 aliphatic heterocycles. The van der Waals surface area contributed by atoms with Crippen molar-refractivity contribution in [1.82, 2.24) is 15.0 Å². The minimum absolute atomic E-state index is 0.225. The van der Waals surface area contributed by atoms with Crippen LogP contribution >= 0.6 is 0 Å². The van der Waals surface area contributed by atoms with Gasteiger partial charge in [0.05, 0.1) is 42.6 Å². The Kier molecular flexibility index (Phi) is 14.2. The van der Waals surface area contributed by atoms with Crippen LogP contribution in [-0.2, 0) is 44.4 Å². The van der Waals surface area contributed by atoms with Crippen molar-refractivity contribution in [2.75, 3.05) is 12.4 Å². The molecule has 4 heterocycles. The molecule has 0 radical (unpaired) electrons. The number of methoxy groups -OCH3 is 1. The molecule has 1 aliphatic rings. The number of anilines is 1. The summed E-state index contributed by atoms with van der Waals surface area (Å²) < 4.78 is 17.5. The van der Waals surface area contributed by atoms with Gasteiger partial charge in [-0.05, 0) is 131 Å². The number of pyridine rings is 2. The van der Waals surface area contributed by atoms with Crippen LogP contribution in [0.2, 0.25) is 0 Å². The lowest BCUT2D eigenvalue weighted by Crippen LogP contribution is -2.30. The molecule has 7 aromatic rings. The third-order valence-electron chi connectivity index (χ3n) is 11.1. The van der Waals surface area contributed by atoms with E-state index in [9.17, 15) is 19.2 Å². The van der Waals surface area contributed by atoms with Crippen LogP contribution in [0.3, 0.4) is 0 Å². The molecule has 1 unspecified atom stereocenters. The minimum Gasteiger partial charge on any atom is -0.493 e. The lowest BCUT2D eigenvalue weighted by molar-refractivity contribution is -0.123. The first kappa shape index (κ1) is 45.1. The molecule has 0 bridgehead atoms. The lowest BCUT2D eigenvalue weighted by atomic mass is 9.93. The second kappa shape index (κ2) is 21.0. The summed E-state index contributed by atoms with van der Waals surface area (Å²) in [5.41, 5.74) is 8.11. The number of nitrogens with one attached hydrogen (secondary N) is 2. The number of ether oxygens (including phenoxy) is 3. The number of H-pyrrole nitrogens is 1. The number of allylic oxidation sites excluding steroid dienone is 4. The SMILES string of the molecule is COc1ccc(/C=C/C(=O)CC(=O)/C=C/c2ccc3c(c2)NC(C)(c2cccc(COc4cccc(/C=C/C(=O)CC(=O)/C=C/c5ccc6cc[nH]c6c5)c4)n2)C3)cc1OCc1ccccn1. The van der Waals surface area contributed by atoms with Gasteiger partial charge in [0.1, 0.15) is 19.0 Å². The van der Waals surface area contributed by atoms with Gasteiger partial charge in [-0.3, -0.25) is 29.1 Å². The highest BCUT2D eigenvalue weighted by molar-refractivity contribution is 6.11. The predicted molar refractivity (Wildman–Crippen MR) is 261 cm³/mol. The number of rotatable bonds is 20. The summed E-state index contributed by atoms with van der Waals surface area (Å²) in [6, 6.07) is 38.0. The molecule has 1 atom stereocenters. The monoisotopic (exact) mass is 888 g/mol. The fraction of sp³-hybridized carbons (Fsp3) is 0.143. The Balaban J connectivity index is 0.806. The van der Waals surface area contributed by atoms with Gasteiger partial charge in [-0.1, -0.05) is 78.9 Å². The summed E-state index contributed by atoms with van der Waals surface area (Å²) >= 11 is 0. The second-order valence-corrected chi connectivity index (χ2v) is 16.3. The van der Waals surface area contributed by atoms with Gasteiger partial charge in [-0.15, -0.1) is 0 Å². The van der Waals surface area contributed by atoms with Crippen LogP contribution in [0.15, 0.2) is 158 Å². The number of carbonyl (C=O) groups excluding carboxylic acids is 4. The van der Waals surface area contributed by atoms with E-state index in [1.165, 1.54) is 24.3 Å². The average Bonchev–Trinajstić information content (AvgIpc) is 3.97. The van der Waals surface area contributed by atoms with Gasteiger partial charge in [0.15, 0.2) is 34.6 Å². The van der Waals surface area contributed by atoms with Gasteiger partial charge in [-0.25, -0.2) is 0 Å². The van der Waals surface area contributed by atoms with Crippen LogP contribution in [0, 0.1) is 0 Å². The summed E-state index contributed by atoms with van der Waals surface area (Å²) in [5, 5.41) is 4.73. The van der Waals surface area contributed by atoms with Crippen molar-refractivity contribution in [3.8, 4) is 17.2 Å². The first-order valence-corrected chi connectivity index (χ1v) is 21.8. The highest BCUT2D eigenvalue weighted by atomic mass is 16.5. The fourth-order valence-electron chi connectivity index (χ4n) is 7.63.